The van der Waals surface area contributed by atoms with Gasteiger partial charge in [-0.1, -0.05) is 79.5 Å². The molecule has 0 radical (unpaired) electrons. The van der Waals surface area contributed by atoms with Gasteiger partial charge in [0.05, 0.1) is 19.3 Å². The normalized spacial score (nSPS) is 14.2. The molecule has 43 heavy (non-hydrogen) atoms. The summed E-state index contributed by atoms with van der Waals surface area (Å²) < 4.78 is 13.5. The first-order valence-electron chi connectivity index (χ1n) is 14.4. The van der Waals surface area contributed by atoms with Gasteiger partial charge in [0.15, 0.2) is 11.5 Å². The number of nitrogens with one attached hydrogen (secondary N) is 2. The number of unbranched alkanes of at least 4 members (excludes halogenated alkanes) is 2. The minimum Gasteiger partial charge on any atom is -0.493 e. The molecule has 10 heteroatoms. The van der Waals surface area contributed by atoms with Gasteiger partial charge >= 0.3 is 0 Å². The molecule has 1 aromatic heterocycles. The van der Waals surface area contributed by atoms with Gasteiger partial charge in [-0.25, -0.2) is 4.68 Å². The smallest absolute Gasteiger partial charge is 0.255 e. The molecular weight excluding hydrogens is 582 g/mol. The van der Waals surface area contributed by atoms with E-state index >= 15 is 0 Å². The van der Waals surface area contributed by atoms with Gasteiger partial charge in [-0.05, 0) is 67.3 Å². The highest BCUT2D eigenvalue weighted by Gasteiger charge is 2.35. The van der Waals surface area contributed by atoms with Crippen molar-refractivity contribution in [2.45, 2.75) is 57.0 Å². The van der Waals surface area contributed by atoms with Crippen molar-refractivity contribution in [1.29, 1.82) is 0 Å². The SMILES string of the molecule is CCCCCOc1ccc(C2C(C(=O)Nc3cccc(C)c3)=C(C)Nc3nc(SCc4ccccc4Cl)nn32)cc1OC. The molecule has 1 unspecified atom stereocenters. The number of hydrogen-bond acceptors (Lipinski definition) is 7. The number of aromatic nitrogens is 3. The monoisotopic (exact) mass is 617 g/mol. The predicted molar refractivity (Wildman–Crippen MR) is 173 cm³/mol. The van der Waals surface area contributed by atoms with Crippen molar-refractivity contribution in [3.8, 4) is 11.5 Å². The number of rotatable bonds is 12. The number of carbonyl (C=O) groups is 1. The van der Waals surface area contributed by atoms with Crippen LogP contribution in [0.3, 0.4) is 0 Å². The van der Waals surface area contributed by atoms with E-state index in [1.165, 1.54) is 11.8 Å². The highest BCUT2D eigenvalue weighted by molar-refractivity contribution is 7.98. The number of anilines is 2. The van der Waals surface area contributed by atoms with Crippen LogP contribution in [-0.2, 0) is 10.5 Å². The third-order valence-corrected chi connectivity index (χ3v) is 8.43. The van der Waals surface area contributed by atoms with Crippen molar-refractivity contribution in [2.24, 2.45) is 0 Å². The Morgan fingerprint density at radius 3 is 2.67 bits per heavy atom. The topological polar surface area (TPSA) is 90.3 Å². The maximum atomic E-state index is 13.9. The summed E-state index contributed by atoms with van der Waals surface area (Å²) in [5.74, 6) is 2.19. The standard InChI is InChI=1S/C33H36ClN5O3S/c1-5-6-9-17-42-27-16-15-23(19-28(27)41-4)30-29(31(40)36-25-13-10-11-21(2)18-25)22(3)35-32-37-33(38-39(30)32)43-20-24-12-7-8-14-26(24)34/h7-8,10-16,18-19,30H,5-6,9,17,20H2,1-4H3,(H,36,40)(H,35,37,38). The summed E-state index contributed by atoms with van der Waals surface area (Å²) in [6.45, 7) is 6.65. The molecule has 2 heterocycles. The van der Waals surface area contributed by atoms with Gasteiger partial charge in [0.1, 0.15) is 6.04 Å². The first-order valence-corrected chi connectivity index (χ1v) is 15.7. The number of hydrogen-bond donors (Lipinski definition) is 2. The number of aryl methyl sites for hydroxylation is 1. The van der Waals surface area contributed by atoms with E-state index in [4.69, 9.17) is 31.2 Å². The van der Waals surface area contributed by atoms with Crippen LogP contribution in [0.4, 0.5) is 11.6 Å². The molecule has 0 fully saturated rings. The summed E-state index contributed by atoms with van der Waals surface area (Å²) in [5.41, 5.74) is 4.81. The van der Waals surface area contributed by atoms with Gasteiger partial charge in [0, 0.05) is 22.2 Å². The van der Waals surface area contributed by atoms with E-state index in [1.54, 1.807) is 11.8 Å². The number of thioether (sulfide) groups is 1. The first kappa shape index (κ1) is 30.5. The van der Waals surface area contributed by atoms with Crippen LogP contribution in [0.2, 0.25) is 5.02 Å². The van der Waals surface area contributed by atoms with Crippen LogP contribution in [0, 0.1) is 6.92 Å². The number of halogens is 1. The Hall–Kier alpha value is -3.95. The zero-order chi connectivity index (χ0) is 30.3. The first-order chi connectivity index (χ1) is 20.9. The van der Waals surface area contributed by atoms with Gasteiger partial charge in [0.2, 0.25) is 11.1 Å². The molecule has 0 bridgehead atoms. The Kier molecular flexibility index (Phi) is 9.94. The van der Waals surface area contributed by atoms with Crippen molar-refractivity contribution >= 4 is 40.9 Å². The van der Waals surface area contributed by atoms with Crippen LogP contribution >= 0.6 is 23.4 Å². The van der Waals surface area contributed by atoms with E-state index in [2.05, 4.69) is 17.6 Å². The van der Waals surface area contributed by atoms with E-state index in [9.17, 15) is 4.79 Å². The molecule has 0 saturated carbocycles. The van der Waals surface area contributed by atoms with Gasteiger partial charge in [-0.2, -0.15) is 4.98 Å². The Labute approximate surface area is 261 Å². The summed E-state index contributed by atoms with van der Waals surface area (Å²) in [7, 11) is 1.62. The van der Waals surface area contributed by atoms with Crippen LogP contribution in [-0.4, -0.2) is 34.4 Å². The quantitative estimate of drug-likeness (QED) is 0.123. The van der Waals surface area contributed by atoms with Crippen molar-refractivity contribution in [3.63, 3.8) is 0 Å². The molecule has 3 aromatic carbocycles. The third-order valence-electron chi connectivity index (χ3n) is 7.18. The minimum atomic E-state index is -0.564. The van der Waals surface area contributed by atoms with Crippen LogP contribution < -0.4 is 20.1 Å². The van der Waals surface area contributed by atoms with Crippen LogP contribution in [0.25, 0.3) is 0 Å². The number of benzene rings is 3. The highest BCUT2D eigenvalue weighted by Crippen LogP contribution is 2.40. The zero-order valence-corrected chi connectivity index (χ0v) is 26.4. The molecule has 0 aliphatic carbocycles. The number of ether oxygens (including phenoxy) is 2. The lowest BCUT2D eigenvalue weighted by Crippen LogP contribution is -2.31. The molecule has 1 atom stereocenters. The van der Waals surface area contributed by atoms with E-state index in [0.29, 0.717) is 51.3 Å². The molecular formula is C33H36ClN5O3S. The summed E-state index contributed by atoms with van der Waals surface area (Å²) in [6, 6.07) is 20.7. The molecule has 0 spiro atoms. The summed E-state index contributed by atoms with van der Waals surface area (Å²) >= 11 is 7.87. The highest BCUT2D eigenvalue weighted by atomic mass is 35.5. The van der Waals surface area contributed by atoms with Gasteiger partial charge in [0.25, 0.3) is 5.91 Å². The van der Waals surface area contributed by atoms with Gasteiger partial charge in [-0.3, -0.25) is 4.79 Å². The van der Waals surface area contributed by atoms with E-state index in [1.807, 2.05) is 80.6 Å². The average Bonchev–Trinajstić information content (AvgIpc) is 3.40. The molecule has 0 saturated heterocycles. The number of amides is 1. The number of carbonyl (C=O) groups excluding carboxylic acids is 1. The zero-order valence-electron chi connectivity index (χ0n) is 24.8. The van der Waals surface area contributed by atoms with Crippen LogP contribution in [0.5, 0.6) is 11.5 Å². The second-order valence-corrected chi connectivity index (χ2v) is 11.7. The fourth-order valence-corrected chi connectivity index (χ4v) is 6.10. The molecule has 1 aliphatic rings. The molecule has 1 amide bonds. The molecule has 4 aromatic rings. The Morgan fingerprint density at radius 1 is 1.07 bits per heavy atom. The summed E-state index contributed by atoms with van der Waals surface area (Å²) in [5, 5.41) is 12.5. The van der Waals surface area contributed by atoms with Gasteiger partial charge < -0.3 is 20.1 Å². The van der Waals surface area contributed by atoms with Gasteiger partial charge in [-0.15, -0.1) is 5.10 Å². The Morgan fingerprint density at radius 2 is 1.91 bits per heavy atom. The minimum absolute atomic E-state index is 0.231. The van der Waals surface area contributed by atoms with Crippen LogP contribution in [0.15, 0.2) is 83.2 Å². The van der Waals surface area contributed by atoms with Crippen molar-refractivity contribution < 1.29 is 14.3 Å². The number of fused-ring (bicyclic) bond motifs is 1. The van der Waals surface area contributed by atoms with E-state index in [-0.39, 0.29) is 5.91 Å². The van der Waals surface area contributed by atoms with Crippen molar-refractivity contribution in [3.05, 3.63) is 99.7 Å². The molecule has 8 nitrogen and oxygen atoms in total. The lowest BCUT2D eigenvalue weighted by molar-refractivity contribution is -0.113. The second kappa shape index (κ2) is 14.0. The lowest BCUT2D eigenvalue weighted by atomic mass is 9.94. The fourth-order valence-electron chi connectivity index (χ4n) is 4.98. The maximum absolute atomic E-state index is 13.9. The summed E-state index contributed by atoms with van der Waals surface area (Å²) in [4.78, 5) is 18.7. The van der Waals surface area contributed by atoms with E-state index in [0.717, 1.165) is 41.6 Å². The van der Waals surface area contributed by atoms with Crippen molar-refractivity contribution in [2.75, 3.05) is 24.4 Å². The van der Waals surface area contributed by atoms with Crippen LogP contribution in [0.1, 0.15) is 55.8 Å². The third kappa shape index (κ3) is 7.17. The largest absolute Gasteiger partial charge is 0.493 e. The van der Waals surface area contributed by atoms with E-state index < -0.39 is 6.04 Å². The lowest BCUT2D eigenvalue weighted by Gasteiger charge is -2.29. The average molecular weight is 618 g/mol. The molecule has 2 N–H and O–H groups in total. The number of methoxy groups -OCH3 is 1. The fraction of sp³-hybridized carbons (Fsp3) is 0.303. The number of nitrogens with zero attached hydrogens (tertiary/aromatic N) is 3. The maximum Gasteiger partial charge on any atom is 0.255 e. The molecule has 224 valence electrons. The van der Waals surface area contributed by atoms with Crippen molar-refractivity contribution in [1.82, 2.24) is 14.8 Å². The second-order valence-electron chi connectivity index (χ2n) is 10.4. The molecule has 5 rings (SSSR count). The number of allylic oxidation sites excluding steroid dienone is 1. The molecule has 1 aliphatic heterocycles. The Balaban J connectivity index is 1.50. The summed E-state index contributed by atoms with van der Waals surface area (Å²) in [6.07, 6.45) is 3.19. The predicted octanol–water partition coefficient (Wildman–Crippen LogP) is 8.04. The Bertz CT molecular complexity index is 1640.